The largest absolute Gasteiger partial charge is 0.508 e. The highest BCUT2D eigenvalue weighted by molar-refractivity contribution is 6.08. The van der Waals surface area contributed by atoms with Crippen LogP contribution in [0.4, 0.5) is 6.01 Å². The normalized spacial score (nSPS) is 11.8. The molecule has 0 radical (unpaired) electrons. The van der Waals surface area contributed by atoms with Crippen LogP contribution in [0, 0.1) is 11.3 Å². The third kappa shape index (κ3) is 4.17. The molecule has 7 nitrogen and oxygen atoms in total. The number of aromatic nitrogens is 2. The molecule has 1 heterocycles. The monoisotopic (exact) mass is 312 g/mol. The molecule has 1 amide bonds. The third-order valence-electron chi connectivity index (χ3n) is 2.86. The predicted octanol–water partition coefficient (Wildman–Crippen LogP) is 2.62. The number of aromatic hydroxyl groups is 1. The average Bonchev–Trinajstić information content (AvgIpc) is 2.95. The van der Waals surface area contributed by atoms with Crippen LogP contribution in [0.15, 0.2) is 34.3 Å². The summed E-state index contributed by atoms with van der Waals surface area (Å²) in [7, 11) is 0. The zero-order valence-electron chi connectivity index (χ0n) is 13.0. The van der Waals surface area contributed by atoms with E-state index in [1.54, 1.807) is 12.1 Å². The summed E-state index contributed by atoms with van der Waals surface area (Å²) in [6.07, 6.45) is 1.40. The number of carbonyl (C=O) groups is 1. The molecule has 0 saturated carbocycles. The van der Waals surface area contributed by atoms with Gasteiger partial charge in [0, 0.05) is 5.41 Å². The molecule has 118 valence electrons. The molecule has 2 N–H and O–H groups in total. The SMILES string of the molecule is CC(C)(C)c1nnc(NC(=O)/C(C#N)=C/c2ccc(O)cc2)o1. The Labute approximate surface area is 133 Å². The topological polar surface area (TPSA) is 112 Å². The van der Waals surface area contributed by atoms with E-state index in [2.05, 4.69) is 15.5 Å². The van der Waals surface area contributed by atoms with E-state index in [1.807, 2.05) is 26.8 Å². The first-order valence-electron chi connectivity index (χ1n) is 6.86. The van der Waals surface area contributed by atoms with E-state index in [0.717, 1.165) is 0 Å². The van der Waals surface area contributed by atoms with Crippen molar-refractivity contribution in [1.82, 2.24) is 10.2 Å². The maximum absolute atomic E-state index is 12.1. The molecule has 7 heteroatoms. The Bertz CT molecular complexity index is 777. The molecule has 0 atom stereocenters. The zero-order chi connectivity index (χ0) is 17.0. The van der Waals surface area contributed by atoms with E-state index in [0.29, 0.717) is 11.5 Å². The summed E-state index contributed by atoms with van der Waals surface area (Å²) in [6, 6.07) is 7.86. The Morgan fingerprint density at radius 1 is 1.30 bits per heavy atom. The number of hydrogen-bond donors (Lipinski definition) is 2. The van der Waals surface area contributed by atoms with Gasteiger partial charge in [-0.1, -0.05) is 38.0 Å². The highest BCUT2D eigenvalue weighted by atomic mass is 16.4. The number of carbonyl (C=O) groups excluding carboxylic acids is 1. The minimum Gasteiger partial charge on any atom is -0.508 e. The number of nitriles is 1. The van der Waals surface area contributed by atoms with Gasteiger partial charge in [-0.3, -0.25) is 10.1 Å². The number of anilines is 1. The number of nitrogens with zero attached hydrogens (tertiary/aromatic N) is 3. The summed E-state index contributed by atoms with van der Waals surface area (Å²) in [6.45, 7) is 5.70. The van der Waals surface area contributed by atoms with Crippen LogP contribution in [0.5, 0.6) is 5.75 Å². The van der Waals surface area contributed by atoms with Crippen molar-refractivity contribution in [2.75, 3.05) is 5.32 Å². The van der Waals surface area contributed by atoms with Gasteiger partial charge in [0.25, 0.3) is 5.91 Å². The van der Waals surface area contributed by atoms with E-state index in [1.165, 1.54) is 18.2 Å². The number of nitrogens with one attached hydrogen (secondary N) is 1. The maximum atomic E-state index is 12.1. The van der Waals surface area contributed by atoms with Gasteiger partial charge in [0.1, 0.15) is 17.4 Å². The van der Waals surface area contributed by atoms with E-state index in [9.17, 15) is 9.90 Å². The van der Waals surface area contributed by atoms with Crippen molar-refractivity contribution in [2.45, 2.75) is 26.2 Å². The number of amides is 1. The van der Waals surface area contributed by atoms with E-state index in [-0.39, 0.29) is 22.8 Å². The summed E-state index contributed by atoms with van der Waals surface area (Å²) >= 11 is 0. The van der Waals surface area contributed by atoms with Gasteiger partial charge in [-0.2, -0.15) is 5.26 Å². The van der Waals surface area contributed by atoms with Crippen molar-refractivity contribution >= 4 is 18.0 Å². The predicted molar refractivity (Wildman–Crippen MR) is 83.3 cm³/mol. The fourth-order valence-electron chi connectivity index (χ4n) is 1.63. The Morgan fingerprint density at radius 3 is 2.48 bits per heavy atom. The van der Waals surface area contributed by atoms with E-state index >= 15 is 0 Å². The summed E-state index contributed by atoms with van der Waals surface area (Å²) < 4.78 is 5.36. The highest BCUT2D eigenvalue weighted by Crippen LogP contribution is 2.22. The second-order valence-corrected chi connectivity index (χ2v) is 5.88. The van der Waals surface area contributed by atoms with Crippen LogP contribution in [0.25, 0.3) is 6.08 Å². The average molecular weight is 312 g/mol. The lowest BCUT2D eigenvalue weighted by Gasteiger charge is -2.10. The molecule has 2 rings (SSSR count). The van der Waals surface area contributed by atoms with Crippen LogP contribution in [-0.2, 0) is 10.2 Å². The molecule has 23 heavy (non-hydrogen) atoms. The minimum absolute atomic E-state index is 0.0632. The van der Waals surface area contributed by atoms with Crippen molar-refractivity contribution in [2.24, 2.45) is 0 Å². The summed E-state index contributed by atoms with van der Waals surface area (Å²) in [5.41, 5.74) is 0.150. The van der Waals surface area contributed by atoms with Crippen LogP contribution in [0.2, 0.25) is 0 Å². The molecule has 0 saturated heterocycles. The Hall–Kier alpha value is -3.14. The van der Waals surface area contributed by atoms with Gasteiger partial charge in [0.05, 0.1) is 0 Å². The van der Waals surface area contributed by atoms with Gasteiger partial charge in [-0.15, -0.1) is 5.10 Å². The molecular formula is C16H16N4O3. The first kappa shape index (κ1) is 16.2. The highest BCUT2D eigenvalue weighted by Gasteiger charge is 2.22. The zero-order valence-corrected chi connectivity index (χ0v) is 13.0. The number of phenols is 1. The lowest BCUT2D eigenvalue weighted by Crippen LogP contribution is -2.14. The number of phenolic OH excluding ortho intramolecular Hbond substituents is 1. The van der Waals surface area contributed by atoms with Crippen LogP contribution >= 0.6 is 0 Å². The lowest BCUT2D eigenvalue weighted by atomic mass is 9.97. The molecule has 0 spiro atoms. The Kier molecular flexibility index (Phi) is 4.46. The van der Waals surface area contributed by atoms with E-state index < -0.39 is 5.91 Å². The molecule has 2 aromatic rings. The van der Waals surface area contributed by atoms with Gasteiger partial charge in [0.15, 0.2) is 0 Å². The second-order valence-electron chi connectivity index (χ2n) is 5.88. The molecule has 0 unspecified atom stereocenters. The van der Waals surface area contributed by atoms with Gasteiger partial charge in [-0.25, -0.2) is 0 Å². The molecule has 0 aliphatic rings. The van der Waals surface area contributed by atoms with Gasteiger partial charge in [-0.05, 0) is 23.8 Å². The van der Waals surface area contributed by atoms with Crippen LogP contribution in [-0.4, -0.2) is 21.2 Å². The molecule has 1 aromatic carbocycles. The smallest absolute Gasteiger partial charge is 0.322 e. The minimum atomic E-state index is -0.648. The Balaban J connectivity index is 2.16. The quantitative estimate of drug-likeness (QED) is 0.665. The molecule has 0 aliphatic heterocycles. The van der Waals surface area contributed by atoms with E-state index in [4.69, 9.17) is 9.68 Å². The molecule has 0 fully saturated rings. The van der Waals surface area contributed by atoms with Crippen LogP contribution in [0.1, 0.15) is 32.2 Å². The number of benzene rings is 1. The summed E-state index contributed by atoms with van der Waals surface area (Å²) in [5.74, 6) is -0.163. The second kappa shape index (κ2) is 6.32. The number of rotatable bonds is 3. The molecule has 0 aliphatic carbocycles. The maximum Gasteiger partial charge on any atom is 0.322 e. The van der Waals surface area contributed by atoms with Gasteiger partial charge < -0.3 is 9.52 Å². The lowest BCUT2D eigenvalue weighted by molar-refractivity contribution is -0.112. The van der Waals surface area contributed by atoms with Gasteiger partial charge >= 0.3 is 6.01 Å². The van der Waals surface area contributed by atoms with Crippen LogP contribution < -0.4 is 5.32 Å². The molecular weight excluding hydrogens is 296 g/mol. The molecule has 0 bridgehead atoms. The first-order valence-corrected chi connectivity index (χ1v) is 6.86. The van der Waals surface area contributed by atoms with Crippen molar-refractivity contribution in [3.05, 3.63) is 41.3 Å². The first-order chi connectivity index (χ1) is 10.8. The fraction of sp³-hybridized carbons (Fsp3) is 0.250. The van der Waals surface area contributed by atoms with Crippen LogP contribution in [0.3, 0.4) is 0 Å². The third-order valence-corrected chi connectivity index (χ3v) is 2.86. The van der Waals surface area contributed by atoms with Crippen molar-refractivity contribution in [3.8, 4) is 11.8 Å². The fourth-order valence-corrected chi connectivity index (χ4v) is 1.63. The van der Waals surface area contributed by atoms with Crippen molar-refractivity contribution in [3.63, 3.8) is 0 Å². The summed E-state index contributed by atoms with van der Waals surface area (Å²) in [5, 5.41) is 28.4. The number of hydrogen-bond acceptors (Lipinski definition) is 6. The van der Waals surface area contributed by atoms with Crippen molar-refractivity contribution < 1.29 is 14.3 Å². The van der Waals surface area contributed by atoms with Crippen molar-refractivity contribution in [1.29, 1.82) is 5.26 Å². The Morgan fingerprint density at radius 2 is 1.96 bits per heavy atom. The summed E-state index contributed by atoms with van der Waals surface area (Å²) in [4.78, 5) is 12.1. The standard InChI is InChI=1S/C16H16N4O3/c1-16(2,3)14-19-20-15(23-14)18-13(22)11(9-17)8-10-4-6-12(21)7-5-10/h4-8,21H,1-3H3,(H,18,20,22)/b11-8+. The molecule has 1 aromatic heterocycles. The van der Waals surface area contributed by atoms with Gasteiger partial charge in [0.2, 0.25) is 5.89 Å².